The molecule has 1 saturated heterocycles. The number of likely N-dealkylation sites (tertiary alicyclic amines) is 1. The number of benzene rings is 1. The Morgan fingerprint density at radius 1 is 1.44 bits per heavy atom. The van der Waals surface area contributed by atoms with Crippen molar-refractivity contribution in [3.8, 4) is 0 Å². The van der Waals surface area contributed by atoms with Crippen LogP contribution in [0.5, 0.6) is 0 Å². The molecule has 2 atom stereocenters. The highest BCUT2D eigenvalue weighted by atomic mass is 79.9. The Morgan fingerprint density at radius 2 is 2.17 bits per heavy atom. The molecule has 0 radical (unpaired) electrons. The zero-order chi connectivity index (χ0) is 13.3. The van der Waals surface area contributed by atoms with Crippen molar-refractivity contribution in [2.24, 2.45) is 5.92 Å². The fourth-order valence-corrected chi connectivity index (χ4v) is 3.34. The van der Waals surface area contributed by atoms with Crippen molar-refractivity contribution < 1.29 is 9.90 Å². The van der Waals surface area contributed by atoms with Gasteiger partial charge in [0.1, 0.15) is 0 Å². The molecule has 1 aliphatic rings. The van der Waals surface area contributed by atoms with E-state index in [1.54, 1.807) is 0 Å². The monoisotopic (exact) mass is 311 g/mol. The Morgan fingerprint density at radius 3 is 2.72 bits per heavy atom. The molecule has 0 aromatic heterocycles. The molecule has 0 bridgehead atoms. The molecule has 18 heavy (non-hydrogen) atoms. The van der Waals surface area contributed by atoms with E-state index in [0.29, 0.717) is 6.54 Å². The van der Waals surface area contributed by atoms with Gasteiger partial charge in [0.15, 0.2) is 0 Å². The van der Waals surface area contributed by atoms with Crippen LogP contribution in [-0.2, 0) is 4.79 Å². The van der Waals surface area contributed by atoms with E-state index in [1.165, 1.54) is 5.56 Å². The van der Waals surface area contributed by atoms with E-state index in [-0.39, 0.29) is 11.8 Å². The van der Waals surface area contributed by atoms with E-state index in [4.69, 9.17) is 0 Å². The number of nitrogens with zero attached hydrogens (tertiary/aromatic N) is 1. The summed E-state index contributed by atoms with van der Waals surface area (Å²) in [5, 5.41) is 9.36. The van der Waals surface area contributed by atoms with Gasteiger partial charge >= 0.3 is 5.97 Å². The van der Waals surface area contributed by atoms with E-state index in [2.05, 4.69) is 33.8 Å². The summed E-state index contributed by atoms with van der Waals surface area (Å²) in [5.41, 5.74) is 2.30. The fraction of sp³-hybridized carbons (Fsp3) is 0.500. The molecular weight excluding hydrogens is 294 g/mol. The third-order valence-electron chi connectivity index (χ3n) is 3.65. The lowest BCUT2D eigenvalue weighted by Crippen LogP contribution is -2.23. The maximum atomic E-state index is 11.4. The molecule has 3 nitrogen and oxygen atoms in total. The molecule has 1 heterocycles. The van der Waals surface area contributed by atoms with Crippen molar-refractivity contribution >= 4 is 21.9 Å². The Labute approximate surface area is 116 Å². The van der Waals surface area contributed by atoms with Crippen LogP contribution in [-0.4, -0.2) is 35.6 Å². The summed E-state index contributed by atoms with van der Waals surface area (Å²) in [6.45, 7) is 6.52. The largest absolute Gasteiger partial charge is 0.481 e. The van der Waals surface area contributed by atoms with Crippen LogP contribution in [0.4, 0.5) is 0 Å². The SMILES string of the molecule is CCN1CC(C(=O)O)C(c2cc(C)cc(Br)c2)C1. The van der Waals surface area contributed by atoms with Crippen molar-refractivity contribution in [2.75, 3.05) is 19.6 Å². The van der Waals surface area contributed by atoms with E-state index < -0.39 is 5.97 Å². The normalized spacial score (nSPS) is 24.4. The molecule has 1 aromatic rings. The summed E-state index contributed by atoms with van der Waals surface area (Å²) in [4.78, 5) is 13.6. The van der Waals surface area contributed by atoms with Gasteiger partial charge in [0.25, 0.3) is 0 Å². The zero-order valence-electron chi connectivity index (χ0n) is 10.7. The number of carboxylic acid groups (broad SMARTS) is 1. The van der Waals surface area contributed by atoms with Gasteiger partial charge < -0.3 is 10.0 Å². The van der Waals surface area contributed by atoms with Gasteiger partial charge in [-0.15, -0.1) is 0 Å². The second-order valence-electron chi connectivity index (χ2n) is 4.97. The Kier molecular flexibility index (Phi) is 4.07. The second kappa shape index (κ2) is 5.41. The van der Waals surface area contributed by atoms with Crippen LogP contribution in [0.2, 0.25) is 0 Å². The lowest BCUT2D eigenvalue weighted by Gasteiger charge is -2.16. The van der Waals surface area contributed by atoms with E-state index >= 15 is 0 Å². The van der Waals surface area contributed by atoms with Gasteiger partial charge in [-0.1, -0.05) is 28.9 Å². The molecular formula is C14H18BrNO2. The quantitative estimate of drug-likeness (QED) is 0.933. The number of likely N-dealkylation sites (N-methyl/N-ethyl adjacent to an activating group) is 1. The van der Waals surface area contributed by atoms with Crippen LogP contribution in [0.3, 0.4) is 0 Å². The average molecular weight is 312 g/mol. The lowest BCUT2D eigenvalue weighted by atomic mass is 9.88. The van der Waals surface area contributed by atoms with Gasteiger partial charge in [-0.25, -0.2) is 0 Å². The molecule has 98 valence electrons. The first-order chi connectivity index (χ1) is 8.51. The molecule has 0 saturated carbocycles. The second-order valence-corrected chi connectivity index (χ2v) is 5.88. The molecule has 0 amide bonds. The van der Waals surface area contributed by atoms with Gasteiger partial charge in [-0.05, 0) is 36.7 Å². The molecule has 2 unspecified atom stereocenters. The third kappa shape index (κ3) is 2.75. The van der Waals surface area contributed by atoms with Gasteiger partial charge in [-0.3, -0.25) is 4.79 Å². The molecule has 1 fully saturated rings. The zero-order valence-corrected chi connectivity index (χ0v) is 12.3. The smallest absolute Gasteiger partial charge is 0.308 e. The first-order valence-corrected chi connectivity index (χ1v) is 7.02. The van der Waals surface area contributed by atoms with Crippen molar-refractivity contribution in [2.45, 2.75) is 19.8 Å². The van der Waals surface area contributed by atoms with Crippen LogP contribution >= 0.6 is 15.9 Å². The molecule has 0 spiro atoms. The fourth-order valence-electron chi connectivity index (χ4n) is 2.71. The molecule has 4 heteroatoms. The average Bonchev–Trinajstić information content (AvgIpc) is 2.71. The number of carboxylic acids is 1. The predicted molar refractivity (Wildman–Crippen MR) is 74.9 cm³/mol. The van der Waals surface area contributed by atoms with Crippen molar-refractivity contribution in [3.05, 3.63) is 33.8 Å². The maximum absolute atomic E-state index is 11.4. The predicted octanol–water partition coefficient (Wildman–Crippen LogP) is 2.88. The van der Waals surface area contributed by atoms with Crippen LogP contribution in [0, 0.1) is 12.8 Å². The van der Waals surface area contributed by atoms with E-state index in [0.717, 1.165) is 23.1 Å². The highest BCUT2D eigenvalue weighted by Gasteiger charge is 2.37. The Balaban J connectivity index is 2.32. The first-order valence-electron chi connectivity index (χ1n) is 6.23. The van der Waals surface area contributed by atoms with Crippen LogP contribution in [0.1, 0.15) is 24.0 Å². The highest BCUT2D eigenvalue weighted by molar-refractivity contribution is 9.10. The molecule has 1 aromatic carbocycles. The van der Waals surface area contributed by atoms with E-state index in [1.807, 2.05) is 19.1 Å². The summed E-state index contributed by atoms with van der Waals surface area (Å²) in [6.07, 6.45) is 0. The molecule has 2 rings (SSSR count). The minimum Gasteiger partial charge on any atom is -0.481 e. The minimum atomic E-state index is -0.687. The van der Waals surface area contributed by atoms with Gasteiger partial charge in [0.2, 0.25) is 0 Å². The standard InChI is InChI=1S/C14H18BrNO2/c1-3-16-7-12(13(8-16)14(17)18)10-4-9(2)5-11(15)6-10/h4-6,12-13H,3,7-8H2,1-2H3,(H,17,18). The van der Waals surface area contributed by atoms with Crippen molar-refractivity contribution in [1.29, 1.82) is 0 Å². The summed E-state index contributed by atoms with van der Waals surface area (Å²) in [5.74, 6) is -0.883. The van der Waals surface area contributed by atoms with Crippen molar-refractivity contribution in [3.63, 3.8) is 0 Å². The maximum Gasteiger partial charge on any atom is 0.308 e. The summed E-state index contributed by atoms with van der Waals surface area (Å²) < 4.78 is 1.02. The molecule has 0 aliphatic carbocycles. The number of hydrogen-bond acceptors (Lipinski definition) is 2. The number of aliphatic carboxylic acids is 1. The summed E-state index contributed by atoms with van der Waals surface area (Å²) in [6, 6.07) is 6.20. The van der Waals surface area contributed by atoms with Crippen LogP contribution in [0.15, 0.2) is 22.7 Å². The molecule has 1 N–H and O–H groups in total. The lowest BCUT2D eigenvalue weighted by molar-refractivity contribution is -0.141. The first kappa shape index (κ1) is 13.6. The van der Waals surface area contributed by atoms with Gasteiger partial charge in [0, 0.05) is 23.5 Å². The summed E-state index contributed by atoms with van der Waals surface area (Å²) in [7, 11) is 0. The number of halogens is 1. The van der Waals surface area contributed by atoms with Gasteiger partial charge in [0.05, 0.1) is 5.92 Å². The topological polar surface area (TPSA) is 40.5 Å². The number of aryl methyl sites for hydroxylation is 1. The number of rotatable bonds is 3. The Hall–Kier alpha value is -0.870. The van der Waals surface area contributed by atoms with E-state index in [9.17, 15) is 9.90 Å². The van der Waals surface area contributed by atoms with Crippen molar-refractivity contribution in [1.82, 2.24) is 4.90 Å². The Bertz CT molecular complexity index is 441. The number of hydrogen-bond donors (Lipinski definition) is 1. The number of carbonyl (C=O) groups is 1. The minimum absolute atomic E-state index is 0.0960. The van der Waals surface area contributed by atoms with Crippen LogP contribution in [0.25, 0.3) is 0 Å². The summed E-state index contributed by atoms with van der Waals surface area (Å²) >= 11 is 3.49. The third-order valence-corrected chi connectivity index (χ3v) is 4.11. The van der Waals surface area contributed by atoms with Crippen LogP contribution < -0.4 is 0 Å². The van der Waals surface area contributed by atoms with Gasteiger partial charge in [-0.2, -0.15) is 0 Å². The molecule has 1 aliphatic heterocycles. The highest BCUT2D eigenvalue weighted by Crippen LogP contribution is 2.34.